The molecule has 0 aromatic carbocycles. The summed E-state index contributed by atoms with van der Waals surface area (Å²) >= 11 is 0. The van der Waals surface area contributed by atoms with Crippen molar-refractivity contribution in [1.29, 1.82) is 0 Å². The molecule has 4 aliphatic carbocycles. The molecule has 6 atom stereocenters. The number of carbonyl (C=O) groups is 2. The van der Waals surface area contributed by atoms with Crippen LogP contribution in [0.15, 0.2) is 11.6 Å². The fraction of sp³-hybridized carbons (Fsp3) is 0.810. The summed E-state index contributed by atoms with van der Waals surface area (Å²) in [6.07, 6.45) is 8.72. The van der Waals surface area contributed by atoms with Crippen molar-refractivity contribution in [2.24, 2.45) is 28.6 Å². The molecule has 0 radical (unpaired) electrons. The molecule has 0 aliphatic heterocycles. The van der Waals surface area contributed by atoms with Gasteiger partial charge < -0.3 is 10.2 Å². The molecule has 3 saturated carbocycles. The Morgan fingerprint density at radius 3 is 2.56 bits per heavy atom. The van der Waals surface area contributed by atoms with Gasteiger partial charge in [0.2, 0.25) is 0 Å². The van der Waals surface area contributed by atoms with E-state index >= 15 is 0 Å². The molecule has 25 heavy (non-hydrogen) atoms. The van der Waals surface area contributed by atoms with Crippen LogP contribution in [0.1, 0.15) is 65.2 Å². The first kappa shape index (κ1) is 17.4. The lowest BCUT2D eigenvalue weighted by Crippen LogP contribution is -2.58. The Hall–Kier alpha value is -1.00. The molecule has 0 amide bonds. The molecule has 0 bridgehead atoms. The van der Waals surface area contributed by atoms with Crippen LogP contribution in [0.2, 0.25) is 0 Å². The van der Waals surface area contributed by atoms with Gasteiger partial charge in [-0.05, 0) is 74.2 Å². The van der Waals surface area contributed by atoms with Crippen LogP contribution < -0.4 is 0 Å². The van der Waals surface area contributed by atoms with Crippen LogP contribution in [0, 0.1) is 28.6 Å². The fourth-order valence-corrected chi connectivity index (χ4v) is 7.16. The van der Waals surface area contributed by atoms with Crippen molar-refractivity contribution in [1.82, 2.24) is 0 Å². The highest BCUT2D eigenvalue weighted by Gasteiger charge is 2.65. The number of hydrogen-bond donors (Lipinski definition) is 2. The van der Waals surface area contributed by atoms with Crippen LogP contribution in [-0.4, -0.2) is 34.0 Å². The third-order valence-electron chi connectivity index (χ3n) is 8.72. The van der Waals surface area contributed by atoms with Gasteiger partial charge in [0.1, 0.15) is 12.2 Å². The first-order valence-corrected chi connectivity index (χ1v) is 9.87. The standard InChI is InChI=1S/C21H30O4/c1-19-8-5-14(23)11-13(19)3-4-15-16(19)6-9-20(2)17(15)7-10-21(20,25)18(24)12-22/h11,15-17,22,25H,3-10,12H2,1-2H3/t15?,16?,17?,19-,20-,21-/m0/s1. The summed E-state index contributed by atoms with van der Waals surface area (Å²) in [4.78, 5) is 24.2. The highest BCUT2D eigenvalue weighted by Crippen LogP contribution is 2.67. The van der Waals surface area contributed by atoms with Crippen molar-refractivity contribution in [3.8, 4) is 0 Å². The SMILES string of the molecule is C[C@]12CCC(=O)C=C1CCC1C2CC[C@@]2(C)C1CC[C@]2(O)C(=O)CO. The van der Waals surface area contributed by atoms with E-state index in [9.17, 15) is 19.8 Å². The van der Waals surface area contributed by atoms with Crippen molar-refractivity contribution in [2.75, 3.05) is 6.61 Å². The third-order valence-corrected chi connectivity index (χ3v) is 8.72. The smallest absolute Gasteiger partial charge is 0.190 e. The molecule has 4 heteroatoms. The number of fused-ring (bicyclic) bond motifs is 5. The molecule has 138 valence electrons. The normalized spacial score (nSPS) is 49.0. The molecule has 0 heterocycles. The van der Waals surface area contributed by atoms with Gasteiger partial charge in [-0.2, -0.15) is 0 Å². The van der Waals surface area contributed by atoms with Crippen molar-refractivity contribution in [2.45, 2.75) is 70.8 Å². The Morgan fingerprint density at radius 2 is 1.84 bits per heavy atom. The van der Waals surface area contributed by atoms with Crippen molar-refractivity contribution in [3.05, 3.63) is 11.6 Å². The molecule has 2 N–H and O–H groups in total. The van der Waals surface area contributed by atoms with Gasteiger partial charge in [-0.15, -0.1) is 0 Å². The first-order chi connectivity index (χ1) is 11.8. The Labute approximate surface area is 149 Å². The quantitative estimate of drug-likeness (QED) is 0.806. The molecule has 0 spiro atoms. The van der Waals surface area contributed by atoms with Gasteiger partial charge in [0.05, 0.1) is 0 Å². The topological polar surface area (TPSA) is 74.6 Å². The zero-order valence-electron chi connectivity index (χ0n) is 15.4. The molecule has 4 rings (SSSR count). The molecule has 3 unspecified atom stereocenters. The average molecular weight is 346 g/mol. The van der Waals surface area contributed by atoms with Crippen LogP contribution in [0.25, 0.3) is 0 Å². The van der Waals surface area contributed by atoms with Gasteiger partial charge >= 0.3 is 0 Å². The van der Waals surface area contributed by atoms with Crippen molar-refractivity contribution < 1.29 is 19.8 Å². The number of aliphatic hydroxyl groups excluding tert-OH is 1. The number of ketones is 2. The van der Waals surface area contributed by atoms with E-state index < -0.39 is 23.4 Å². The van der Waals surface area contributed by atoms with Crippen LogP contribution >= 0.6 is 0 Å². The predicted molar refractivity (Wildman–Crippen MR) is 93.8 cm³/mol. The summed E-state index contributed by atoms with van der Waals surface area (Å²) < 4.78 is 0. The maximum Gasteiger partial charge on any atom is 0.190 e. The summed E-state index contributed by atoms with van der Waals surface area (Å²) in [7, 11) is 0. The number of rotatable bonds is 2. The fourth-order valence-electron chi connectivity index (χ4n) is 7.16. The minimum absolute atomic E-state index is 0.111. The van der Waals surface area contributed by atoms with Gasteiger partial charge in [-0.3, -0.25) is 9.59 Å². The highest BCUT2D eigenvalue weighted by molar-refractivity contribution is 5.91. The van der Waals surface area contributed by atoms with E-state index in [0.717, 1.165) is 38.5 Å². The summed E-state index contributed by atoms with van der Waals surface area (Å²) in [6.45, 7) is 3.84. The molecular formula is C21H30O4. The van der Waals surface area contributed by atoms with E-state index in [1.807, 2.05) is 6.08 Å². The van der Waals surface area contributed by atoms with E-state index in [1.165, 1.54) is 5.57 Å². The maximum atomic E-state index is 12.3. The van der Waals surface area contributed by atoms with Gasteiger partial charge in [0.25, 0.3) is 0 Å². The molecule has 3 fully saturated rings. The minimum Gasteiger partial charge on any atom is -0.388 e. The molecule has 0 saturated heterocycles. The molecule has 4 aliphatic rings. The second-order valence-electron chi connectivity index (χ2n) is 9.41. The van der Waals surface area contributed by atoms with Crippen molar-refractivity contribution >= 4 is 11.6 Å². The second-order valence-corrected chi connectivity index (χ2v) is 9.41. The Morgan fingerprint density at radius 1 is 1.12 bits per heavy atom. The number of allylic oxidation sites excluding steroid dienone is 1. The largest absolute Gasteiger partial charge is 0.388 e. The zero-order chi connectivity index (χ0) is 18.0. The third kappa shape index (κ3) is 2.13. The van der Waals surface area contributed by atoms with Gasteiger partial charge in [0, 0.05) is 11.8 Å². The van der Waals surface area contributed by atoms with Crippen molar-refractivity contribution in [3.63, 3.8) is 0 Å². The summed E-state index contributed by atoms with van der Waals surface area (Å²) in [6, 6.07) is 0. The lowest BCUT2D eigenvalue weighted by molar-refractivity contribution is -0.164. The van der Waals surface area contributed by atoms with Crippen LogP contribution in [0.5, 0.6) is 0 Å². The number of Topliss-reactive ketones (excluding diaryl/α,β-unsaturated/α-hetero) is 1. The lowest BCUT2D eigenvalue weighted by Gasteiger charge is -2.58. The van der Waals surface area contributed by atoms with E-state index in [1.54, 1.807) is 0 Å². The number of hydrogen-bond acceptors (Lipinski definition) is 4. The summed E-state index contributed by atoms with van der Waals surface area (Å²) in [5, 5.41) is 20.5. The Kier molecular flexibility index (Phi) is 3.83. The Bertz CT molecular complexity index is 652. The predicted octanol–water partition coefficient (Wildman–Crippen LogP) is 2.81. The van der Waals surface area contributed by atoms with Crippen LogP contribution in [-0.2, 0) is 9.59 Å². The molecule has 0 aromatic rings. The average Bonchev–Trinajstić information content (AvgIpc) is 2.87. The van der Waals surface area contributed by atoms with E-state index in [0.29, 0.717) is 30.6 Å². The molecule has 4 nitrogen and oxygen atoms in total. The highest BCUT2D eigenvalue weighted by atomic mass is 16.3. The van der Waals surface area contributed by atoms with Gasteiger partial charge in [-0.25, -0.2) is 0 Å². The van der Waals surface area contributed by atoms with Crippen LogP contribution in [0.3, 0.4) is 0 Å². The summed E-state index contributed by atoms with van der Waals surface area (Å²) in [5.74, 6) is 1.26. The summed E-state index contributed by atoms with van der Waals surface area (Å²) in [5.41, 5.74) is -0.333. The van der Waals surface area contributed by atoms with Gasteiger partial charge in [0.15, 0.2) is 11.6 Å². The molecule has 0 aromatic heterocycles. The molecular weight excluding hydrogens is 316 g/mol. The van der Waals surface area contributed by atoms with Crippen LogP contribution in [0.4, 0.5) is 0 Å². The van der Waals surface area contributed by atoms with Gasteiger partial charge in [-0.1, -0.05) is 19.4 Å². The maximum absolute atomic E-state index is 12.3. The van der Waals surface area contributed by atoms with E-state index in [-0.39, 0.29) is 11.2 Å². The number of aliphatic hydroxyl groups is 2. The van der Waals surface area contributed by atoms with E-state index in [4.69, 9.17) is 0 Å². The second kappa shape index (κ2) is 5.50. The Balaban J connectivity index is 1.68. The first-order valence-electron chi connectivity index (χ1n) is 9.87. The zero-order valence-corrected chi connectivity index (χ0v) is 15.4. The monoisotopic (exact) mass is 346 g/mol. The minimum atomic E-state index is -1.36. The number of carbonyl (C=O) groups excluding carboxylic acids is 2. The lowest BCUT2D eigenvalue weighted by atomic mass is 9.46. The van der Waals surface area contributed by atoms with E-state index in [2.05, 4.69) is 13.8 Å².